The first-order valence-corrected chi connectivity index (χ1v) is 12.1. The minimum Gasteiger partial charge on any atom is -0.460 e. The van der Waals surface area contributed by atoms with Crippen LogP contribution in [0.25, 0.3) is 0 Å². The molecule has 14 nitrogen and oxygen atoms in total. The van der Waals surface area contributed by atoms with E-state index in [1.807, 2.05) is 0 Å². The lowest BCUT2D eigenvalue weighted by molar-refractivity contribution is -0.139. The quantitative estimate of drug-likeness (QED) is 0.0816. The summed E-state index contributed by atoms with van der Waals surface area (Å²) in [7, 11) is 0. The first-order chi connectivity index (χ1) is 17.8. The number of nitrogens with one attached hydrogen (secondary N) is 3. The standard InChI is InChI=1S/C23H33N3O11S/c1-14(2)18(27)33-10-7-24-21(30)36-17(37-22(31)25-8-11-34-19(28)15(3)4)13-38-23(32)26-9-12-35-20(29)16(5)6/h17H,1,3,5,7-13H2,2,4,6H3,(H,24,30)(H,25,31)(H,26,32). The average Bonchev–Trinajstić information content (AvgIpc) is 2.84. The van der Waals surface area contributed by atoms with Crippen molar-refractivity contribution >= 4 is 47.1 Å². The van der Waals surface area contributed by atoms with E-state index in [9.17, 15) is 28.8 Å². The predicted octanol–water partition coefficient (Wildman–Crippen LogP) is 1.57. The summed E-state index contributed by atoms with van der Waals surface area (Å²) in [4.78, 5) is 70.1. The smallest absolute Gasteiger partial charge is 0.410 e. The van der Waals surface area contributed by atoms with E-state index in [1.54, 1.807) is 0 Å². The van der Waals surface area contributed by atoms with E-state index in [0.717, 1.165) is 0 Å². The molecule has 0 atom stereocenters. The molecule has 0 heterocycles. The van der Waals surface area contributed by atoms with Gasteiger partial charge in [-0.2, -0.15) is 0 Å². The fourth-order valence-electron chi connectivity index (χ4n) is 1.87. The lowest BCUT2D eigenvalue weighted by atomic mass is 10.4. The van der Waals surface area contributed by atoms with Crippen molar-refractivity contribution in [3.05, 3.63) is 36.5 Å². The maximum Gasteiger partial charge on any atom is 0.410 e. The monoisotopic (exact) mass is 559 g/mol. The zero-order valence-corrected chi connectivity index (χ0v) is 22.4. The Labute approximate surface area is 224 Å². The van der Waals surface area contributed by atoms with Crippen molar-refractivity contribution in [1.29, 1.82) is 0 Å². The zero-order chi connectivity index (χ0) is 29.1. The Bertz CT molecular complexity index is 872. The number of hydrogen-bond acceptors (Lipinski definition) is 12. The van der Waals surface area contributed by atoms with Gasteiger partial charge in [-0.3, -0.25) is 4.79 Å². The maximum atomic E-state index is 12.1. The number of esters is 3. The number of carbonyl (C=O) groups is 6. The topological polar surface area (TPSA) is 185 Å². The van der Waals surface area contributed by atoms with Crippen molar-refractivity contribution in [3.8, 4) is 0 Å². The third kappa shape index (κ3) is 17.4. The molecule has 3 amide bonds. The highest BCUT2D eigenvalue weighted by atomic mass is 32.2. The Kier molecular flexibility index (Phi) is 17.1. The molecule has 212 valence electrons. The lowest BCUT2D eigenvalue weighted by Gasteiger charge is -2.18. The summed E-state index contributed by atoms with van der Waals surface area (Å²) in [5.74, 6) is -2.17. The first kappa shape index (κ1) is 34.0. The third-order valence-corrected chi connectivity index (χ3v) is 4.53. The van der Waals surface area contributed by atoms with Crippen LogP contribution in [0.15, 0.2) is 36.5 Å². The van der Waals surface area contributed by atoms with Gasteiger partial charge < -0.3 is 39.6 Å². The van der Waals surface area contributed by atoms with Crippen molar-refractivity contribution < 1.29 is 52.5 Å². The van der Waals surface area contributed by atoms with E-state index >= 15 is 0 Å². The van der Waals surface area contributed by atoms with Crippen LogP contribution >= 0.6 is 11.8 Å². The highest BCUT2D eigenvalue weighted by Gasteiger charge is 2.21. The molecule has 0 aliphatic rings. The molecule has 38 heavy (non-hydrogen) atoms. The molecule has 0 unspecified atom stereocenters. The van der Waals surface area contributed by atoms with E-state index in [2.05, 4.69) is 35.7 Å². The molecule has 0 saturated heterocycles. The van der Waals surface area contributed by atoms with Crippen molar-refractivity contribution in [1.82, 2.24) is 16.0 Å². The normalized spacial score (nSPS) is 9.89. The first-order valence-electron chi connectivity index (χ1n) is 11.1. The summed E-state index contributed by atoms with van der Waals surface area (Å²) < 4.78 is 24.5. The van der Waals surface area contributed by atoms with Gasteiger partial charge in [0.1, 0.15) is 19.8 Å². The van der Waals surface area contributed by atoms with Gasteiger partial charge in [-0.15, -0.1) is 0 Å². The Morgan fingerprint density at radius 2 is 0.974 bits per heavy atom. The van der Waals surface area contributed by atoms with Crippen LogP contribution in [0, 0.1) is 0 Å². The second kappa shape index (κ2) is 19.1. The molecule has 0 fully saturated rings. The van der Waals surface area contributed by atoms with Crippen LogP contribution in [0.3, 0.4) is 0 Å². The van der Waals surface area contributed by atoms with Crippen LogP contribution in [0.2, 0.25) is 0 Å². The molecular weight excluding hydrogens is 526 g/mol. The summed E-state index contributed by atoms with van der Waals surface area (Å²) in [5.41, 5.74) is 0.582. The lowest BCUT2D eigenvalue weighted by Crippen LogP contribution is -2.38. The number of carbonyl (C=O) groups excluding carboxylic acids is 6. The third-order valence-electron chi connectivity index (χ3n) is 3.69. The molecule has 0 aliphatic carbocycles. The van der Waals surface area contributed by atoms with E-state index < -0.39 is 41.6 Å². The summed E-state index contributed by atoms with van der Waals surface area (Å²) in [6.45, 7) is 14.0. The van der Waals surface area contributed by atoms with Crippen LogP contribution in [0.5, 0.6) is 0 Å². The second-order valence-corrected chi connectivity index (χ2v) is 8.36. The molecule has 0 aliphatic heterocycles. The van der Waals surface area contributed by atoms with Gasteiger partial charge in [0.15, 0.2) is 0 Å². The number of alkyl carbamates (subject to hydrolysis) is 2. The molecule has 0 aromatic heterocycles. The van der Waals surface area contributed by atoms with Gasteiger partial charge in [-0.05, 0) is 20.8 Å². The molecule has 3 N–H and O–H groups in total. The summed E-state index contributed by atoms with van der Waals surface area (Å²) in [6, 6.07) is 0. The number of amides is 3. The SMILES string of the molecule is C=C(C)C(=O)OCCNC(=O)OC(CSC(=O)NCCOC(=O)C(=C)C)OC(=O)NCCOC(=O)C(=C)C. The van der Waals surface area contributed by atoms with Crippen LogP contribution in [0.1, 0.15) is 20.8 Å². The Morgan fingerprint density at radius 1 is 0.632 bits per heavy atom. The second-order valence-electron chi connectivity index (χ2n) is 7.37. The zero-order valence-electron chi connectivity index (χ0n) is 21.5. The molecule has 0 bridgehead atoms. The Morgan fingerprint density at radius 3 is 1.32 bits per heavy atom. The number of ether oxygens (including phenoxy) is 5. The minimum absolute atomic E-state index is 0.00398. The number of rotatable bonds is 16. The van der Waals surface area contributed by atoms with E-state index in [1.165, 1.54) is 20.8 Å². The van der Waals surface area contributed by atoms with Crippen molar-refractivity contribution in [2.75, 3.05) is 45.2 Å². The molecule has 0 radical (unpaired) electrons. The van der Waals surface area contributed by atoms with Crippen LogP contribution in [-0.4, -0.2) is 86.8 Å². The van der Waals surface area contributed by atoms with E-state index in [4.69, 9.17) is 23.7 Å². The fourth-order valence-corrected chi connectivity index (χ4v) is 2.50. The summed E-state index contributed by atoms with van der Waals surface area (Å²) in [6.07, 6.45) is -3.54. The Hall–Kier alpha value is -4.01. The highest BCUT2D eigenvalue weighted by Crippen LogP contribution is 2.09. The maximum absolute atomic E-state index is 12.1. The van der Waals surface area contributed by atoms with Crippen LogP contribution in [0.4, 0.5) is 14.4 Å². The Balaban J connectivity index is 4.70. The molecule has 0 spiro atoms. The van der Waals surface area contributed by atoms with Gasteiger partial charge in [0.2, 0.25) is 0 Å². The molecule has 15 heteroatoms. The van der Waals surface area contributed by atoms with Crippen LogP contribution in [-0.2, 0) is 38.1 Å². The highest BCUT2D eigenvalue weighted by molar-refractivity contribution is 8.13. The van der Waals surface area contributed by atoms with Gasteiger partial charge in [0.05, 0.1) is 25.4 Å². The van der Waals surface area contributed by atoms with Gasteiger partial charge in [-0.1, -0.05) is 31.5 Å². The number of thioether (sulfide) groups is 1. The van der Waals surface area contributed by atoms with Crippen molar-refractivity contribution in [3.63, 3.8) is 0 Å². The van der Waals surface area contributed by atoms with Gasteiger partial charge in [0, 0.05) is 16.7 Å². The molecule has 0 aromatic carbocycles. The largest absolute Gasteiger partial charge is 0.460 e. The van der Waals surface area contributed by atoms with Gasteiger partial charge >= 0.3 is 30.1 Å². The van der Waals surface area contributed by atoms with Gasteiger partial charge in [0.25, 0.3) is 11.5 Å². The predicted molar refractivity (Wildman–Crippen MR) is 136 cm³/mol. The minimum atomic E-state index is -1.51. The van der Waals surface area contributed by atoms with Crippen molar-refractivity contribution in [2.45, 2.75) is 27.1 Å². The molecule has 0 saturated carbocycles. The average molecular weight is 560 g/mol. The number of hydrogen-bond donors (Lipinski definition) is 3. The van der Waals surface area contributed by atoms with Crippen molar-refractivity contribution in [2.24, 2.45) is 0 Å². The van der Waals surface area contributed by atoms with Gasteiger partial charge in [-0.25, -0.2) is 24.0 Å². The van der Waals surface area contributed by atoms with E-state index in [-0.39, 0.29) is 61.9 Å². The van der Waals surface area contributed by atoms with E-state index in [0.29, 0.717) is 11.8 Å². The molecule has 0 rings (SSSR count). The fraction of sp³-hybridized carbons (Fsp3) is 0.478. The summed E-state index contributed by atoms with van der Waals surface area (Å²) in [5, 5.41) is 6.47. The summed E-state index contributed by atoms with van der Waals surface area (Å²) >= 11 is 0.628. The molecular formula is C23H33N3O11S. The van der Waals surface area contributed by atoms with Crippen LogP contribution < -0.4 is 16.0 Å². The molecule has 0 aromatic rings.